The summed E-state index contributed by atoms with van der Waals surface area (Å²) < 4.78 is 0. The van der Waals surface area contributed by atoms with Crippen LogP contribution in [0.25, 0.3) is 0 Å². The maximum atomic E-state index is 11.8. The second-order valence-electron chi connectivity index (χ2n) is 6.18. The molecule has 0 bridgehead atoms. The van der Waals surface area contributed by atoms with Crippen molar-refractivity contribution in [2.24, 2.45) is 0 Å². The third kappa shape index (κ3) is 3.95. The van der Waals surface area contributed by atoms with Gasteiger partial charge in [-0.3, -0.25) is 4.79 Å². The summed E-state index contributed by atoms with van der Waals surface area (Å²) in [5.41, 5.74) is 2.60. The topological polar surface area (TPSA) is 65.1 Å². The maximum Gasteiger partial charge on any atom is 0.267 e. The molecular weight excluding hydrogens is 264 g/mol. The molecule has 21 heavy (non-hydrogen) atoms. The Morgan fingerprint density at radius 3 is 2.43 bits per heavy atom. The fourth-order valence-electron chi connectivity index (χ4n) is 2.08. The van der Waals surface area contributed by atoms with Gasteiger partial charge in [-0.2, -0.15) is 0 Å². The van der Waals surface area contributed by atoms with Crippen LogP contribution in [0.15, 0.2) is 42.6 Å². The fourth-order valence-corrected chi connectivity index (χ4v) is 2.08. The minimum absolute atomic E-state index is 0.0886. The van der Waals surface area contributed by atoms with Crippen molar-refractivity contribution in [3.05, 3.63) is 59.4 Å². The number of nitrogens with one attached hydrogen (secondary N) is 2. The highest BCUT2D eigenvalue weighted by molar-refractivity contribution is 5.92. The molecule has 2 rings (SSSR count). The smallest absolute Gasteiger partial charge is 0.267 e. The van der Waals surface area contributed by atoms with Crippen LogP contribution in [0.3, 0.4) is 0 Å². The summed E-state index contributed by atoms with van der Waals surface area (Å²) in [5.74, 6) is -0.217. The lowest BCUT2D eigenvalue weighted by atomic mass is 9.86. The summed E-state index contributed by atoms with van der Waals surface area (Å²) in [5, 5.41) is 12.8. The summed E-state index contributed by atoms with van der Waals surface area (Å²) >= 11 is 0. The van der Waals surface area contributed by atoms with Crippen molar-refractivity contribution in [1.29, 1.82) is 0 Å². The van der Waals surface area contributed by atoms with Gasteiger partial charge in [-0.05, 0) is 28.7 Å². The minimum atomic E-state index is -0.710. The Bertz CT molecular complexity index is 580. The van der Waals surface area contributed by atoms with Gasteiger partial charge in [0.05, 0.1) is 6.10 Å². The van der Waals surface area contributed by atoms with E-state index in [-0.39, 0.29) is 17.9 Å². The number of rotatable bonds is 4. The van der Waals surface area contributed by atoms with Gasteiger partial charge >= 0.3 is 0 Å². The van der Waals surface area contributed by atoms with Crippen LogP contribution < -0.4 is 5.32 Å². The molecule has 0 saturated heterocycles. The van der Waals surface area contributed by atoms with Crippen LogP contribution in [0.4, 0.5) is 0 Å². The molecule has 0 radical (unpaired) electrons. The van der Waals surface area contributed by atoms with Crippen LogP contribution in [0.2, 0.25) is 0 Å². The number of carbonyl (C=O) groups is 1. The fraction of sp³-hybridized carbons (Fsp3) is 0.353. The summed E-state index contributed by atoms with van der Waals surface area (Å²) in [7, 11) is 0. The van der Waals surface area contributed by atoms with Gasteiger partial charge in [-0.25, -0.2) is 0 Å². The SMILES string of the molecule is CC(C)(C)c1ccc(C(O)CNC(=O)c2ccc[nH]2)cc1. The van der Waals surface area contributed by atoms with E-state index in [0.29, 0.717) is 5.69 Å². The monoisotopic (exact) mass is 286 g/mol. The first-order valence-corrected chi connectivity index (χ1v) is 7.08. The number of amides is 1. The van der Waals surface area contributed by atoms with E-state index < -0.39 is 6.10 Å². The van der Waals surface area contributed by atoms with E-state index in [9.17, 15) is 9.90 Å². The Kier molecular flexibility index (Phi) is 4.48. The molecule has 4 heteroatoms. The Hall–Kier alpha value is -2.07. The van der Waals surface area contributed by atoms with E-state index >= 15 is 0 Å². The van der Waals surface area contributed by atoms with Crippen molar-refractivity contribution in [2.75, 3.05) is 6.54 Å². The molecule has 1 atom stereocenters. The summed E-state index contributed by atoms with van der Waals surface area (Å²) in [6.45, 7) is 6.63. The number of hydrogen-bond donors (Lipinski definition) is 3. The molecule has 0 fully saturated rings. The lowest BCUT2D eigenvalue weighted by Crippen LogP contribution is -2.28. The lowest BCUT2D eigenvalue weighted by Gasteiger charge is -2.20. The van der Waals surface area contributed by atoms with E-state index in [1.807, 2.05) is 24.3 Å². The van der Waals surface area contributed by atoms with E-state index in [1.54, 1.807) is 18.3 Å². The number of hydrogen-bond acceptors (Lipinski definition) is 2. The van der Waals surface area contributed by atoms with Crippen LogP contribution in [-0.4, -0.2) is 22.5 Å². The highest BCUT2D eigenvalue weighted by atomic mass is 16.3. The van der Waals surface area contributed by atoms with Crippen molar-refractivity contribution in [2.45, 2.75) is 32.3 Å². The average Bonchev–Trinajstić information content (AvgIpc) is 2.98. The molecule has 1 amide bonds. The molecule has 1 heterocycles. The van der Waals surface area contributed by atoms with Crippen LogP contribution in [0.5, 0.6) is 0 Å². The van der Waals surface area contributed by atoms with Crippen molar-refractivity contribution in [1.82, 2.24) is 10.3 Å². The van der Waals surface area contributed by atoms with E-state index in [1.165, 1.54) is 5.56 Å². The number of aromatic nitrogens is 1. The van der Waals surface area contributed by atoms with E-state index in [0.717, 1.165) is 5.56 Å². The molecule has 1 aromatic carbocycles. The zero-order chi connectivity index (χ0) is 15.5. The predicted octanol–water partition coefficient (Wildman–Crippen LogP) is 2.78. The molecule has 4 nitrogen and oxygen atoms in total. The van der Waals surface area contributed by atoms with Crippen LogP contribution in [-0.2, 0) is 5.41 Å². The maximum absolute atomic E-state index is 11.8. The Morgan fingerprint density at radius 2 is 1.90 bits per heavy atom. The van der Waals surface area contributed by atoms with Gasteiger partial charge in [0.2, 0.25) is 0 Å². The molecule has 2 aromatic rings. The quantitative estimate of drug-likeness (QED) is 0.809. The molecule has 0 aliphatic heterocycles. The number of aliphatic hydroxyl groups is 1. The number of carbonyl (C=O) groups excluding carboxylic acids is 1. The Morgan fingerprint density at radius 1 is 1.24 bits per heavy atom. The third-order valence-electron chi connectivity index (χ3n) is 3.46. The second-order valence-corrected chi connectivity index (χ2v) is 6.18. The first-order valence-electron chi connectivity index (χ1n) is 7.08. The molecule has 3 N–H and O–H groups in total. The largest absolute Gasteiger partial charge is 0.387 e. The molecule has 1 unspecified atom stereocenters. The predicted molar refractivity (Wildman–Crippen MR) is 83.2 cm³/mol. The molecule has 112 valence electrons. The lowest BCUT2D eigenvalue weighted by molar-refractivity contribution is 0.0912. The average molecular weight is 286 g/mol. The van der Waals surface area contributed by atoms with Gasteiger partial charge < -0.3 is 15.4 Å². The van der Waals surface area contributed by atoms with Crippen molar-refractivity contribution < 1.29 is 9.90 Å². The summed E-state index contributed by atoms with van der Waals surface area (Å²) in [4.78, 5) is 14.6. The van der Waals surface area contributed by atoms with E-state index in [2.05, 4.69) is 31.1 Å². The van der Waals surface area contributed by atoms with E-state index in [4.69, 9.17) is 0 Å². The number of aromatic amines is 1. The summed E-state index contributed by atoms with van der Waals surface area (Å²) in [6, 6.07) is 11.3. The van der Waals surface area contributed by atoms with Crippen LogP contribution >= 0.6 is 0 Å². The normalized spacial score (nSPS) is 13.0. The second kappa shape index (κ2) is 6.14. The van der Waals surface area contributed by atoms with Gasteiger partial charge in [0.25, 0.3) is 5.91 Å². The third-order valence-corrected chi connectivity index (χ3v) is 3.46. The molecule has 1 aromatic heterocycles. The van der Waals surface area contributed by atoms with Gasteiger partial charge in [-0.15, -0.1) is 0 Å². The van der Waals surface area contributed by atoms with Crippen molar-refractivity contribution >= 4 is 5.91 Å². The van der Waals surface area contributed by atoms with Crippen LogP contribution in [0.1, 0.15) is 48.5 Å². The standard InChI is InChI=1S/C17H22N2O2/c1-17(2,3)13-8-6-12(7-9-13)15(20)11-19-16(21)14-5-4-10-18-14/h4-10,15,18,20H,11H2,1-3H3,(H,19,21). The Balaban J connectivity index is 1.94. The number of benzene rings is 1. The van der Waals surface area contributed by atoms with Gasteiger partial charge in [0.15, 0.2) is 0 Å². The molecular formula is C17H22N2O2. The zero-order valence-electron chi connectivity index (χ0n) is 12.7. The zero-order valence-corrected chi connectivity index (χ0v) is 12.7. The van der Waals surface area contributed by atoms with Crippen molar-refractivity contribution in [3.8, 4) is 0 Å². The van der Waals surface area contributed by atoms with Gasteiger partial charge in [0, 0.05) is 12.7 Å². The van der Waals surface area contributed by atoms with Gasteiger partial charge in [-0.1, -0.05) is 45.0 Å². The minimum Gasteiger partial charge on any atom is -0.387 e. The molecule has 0 saturated carbocycles. The number of aliphatic hydroxyl groups excluding tert-OH is 1. The van der Waals surface area contributed by atoms with Gasteiger partial charge in [0.1, 0.15) is 5.69 Å². The highest BCUT2D eigenvalue weighted by Gasteiger charge is 2.15. The highest BCUT2D eigenvalue weighted by Crippen LogP contribution is 2.23. The Labute approximate surface area is 125 Å². The molecule has 0 aliphatic rings. The van der Waals surface area contributed by atoms with Crippen LogP contribution in [0, 0.1) is 0 Å². The molecule has 0 aliphatic carbocycles. The van der Waals surface area contributed by atoms with Crippen molar-refractivity contribution in [3.63, 3.8) is 0 Å². The first-order chi connectivity index (χ1) is 9.88. The number of H-pyrrole nitrogens is 1. The first kappa shape index (κ1) is 15.3. The summed E-state index contributed by atoms with van der Waals surface area (Å²) in [6.07, 6.45) is 0.981. The molecule has 0 spiro atoms.